The van der Waals surface area contributed by atoms with Crippen LogP contribution < -0.4 is 5.32 Å². The Hall–Kier alpha value is -2.19. The number of halogens is 1. The van der Waals surface area contributed by atoms with Crippen LogP contribution in [0.1, 0.15) is 11.6 Å². The summed E-state index contributed by atoms with van der Waals surface area (Å²) in [7, 11) is 0. The van der Waals surface area contributed by atoms with E-state index in [1.54, 1.807) is 6.07 Å². The zero-order chi connectivity index (χ0) is 13.8. The Morgan fingerprint density at radius 3 is 2.47 bits per heavy atom. The number of benzene rings is 2. The molecule has 0 saturated carbocycles. The molecule has 2 rings (SSSR count). The number of nitrogens with one attached hydrogen (secondary N) is 1. The number of nitrogens with zero attached hydrogens (tertiary/aromatic N) is 1. The van der Waals surface area contributed by atoms with Crippen molar-refractivity contribution >= 4 is 21.6 Å². The summed E-state index contributed by atoms with van der Waals surface area (Å²) in [6.07, 6.45) is 0. The Balaban J connectivity index is 2.28. The molecule has 0 saturated heterocycles. The van der Waals surface area contributed by atoms with Gasteiger partial charge in [-0.05, 0) is 45.8 Å². The van der Waals surface area contributed by atoms with Crippen molar-refractivity contribution in [2.45, 2.75) is 6.04 Å². The highest BCUT2D eigenvalue weighted by atomic mass is 79.9. The minimum atomic E-state index is -0.620. The van der Waals surface area contributed by atoms with E-state index < -0.39 is 6.04 Å². The summed E-state index contributed by atoms with van der Waals surface area (Å²) in [5.41, 5.74) is 1.36. The van der Waals surface area contributed by atoms with Crippen LogP contribution >= 0.6 is 15.9 Å². The summed E-state index contributed by atoms with van der Waals surface area (Å²) >= 11 is 3.39. The van der Waals surface area contributed by atoms with Crippen LogP contribution in [0.25, 0.3) is 0 Å². The minimum Gasteiger partial charge on any atom is -0.504 e. The summed E-state index contributed by atoms with van der Waals surface area (Å²) in [5, 5.41) is 31.0. The lowest BCUT2D eigenvalue weighted by atomic mass is 10.1. The number of phenolic OH excluding ortho intramolecular Hbond substituents is 2. The maximum atomic E-state index is 9.47. The van der Waals surface area contributed by atoms with Gasteiger partial charge in [-0.2, -0.15) is 5.26 Å². The first-order valence-electron chi connectivity index (χ1n) is 5.54. The fourth-order valence-corrected chi connectivity index (χ4v) is 2.04. The number of rotatable bonds is 3. The van der Waals surface area contributed by atoms with Gasteiger partial charge in [0.15, 0.2) is 11.5 Å². The summed E-state index contributed by atoms with van der Waals surface area (Å²) in [6.45, 7) is 0. The molecule has 1 atom stereocenters. The highest BCUT2D eigenvalue weighted by Crippen LogP contribution is 2.30. The Bertz CT molecular complexity index is 638. The van der Waals surface area contributed by atoms with E-state index in [2.05, 4.69) is 27.3 Å². The molecule has 0 bridgehead atoms. The molecule has 0 aromatic heterocycles. The quantitative estimate of drug-likeness (QED) is 0.756. The van der Waals surface area contributed by atoms with Gasteiger partial charge in [0.25, 0.3) is 0 Å². The molecule has 0 heterocycles. The highest BCUT2D eigenvalue weighted by molar-refractivity contribution is 9.10. The van der Waals surface area contributed by atoms with Crippen molar-refractivity contribution in [3.05, 3.63) is 52.5 Å². The van der Waals surface area contributed by atoms with Crippen LogP contribution in [0.4, 0.5) is 5.69 Å². The van der Waals surface area contributed by atoms with Crippen LogP contribution in [0.15, 0.2) is 46.9 Å². The number of anilines is 1. The molecule has 0 fully saturated rings. The number of nitriles is 1. The van der Waals surface area contributed by atoms with E-state index in [4.69, 9.17) is 0 Å². The summed E-state index contributed by atoms with van der Waals surface area (Å²) in [4.78, 5) is 0. The topological polar surface area (TPSA) is 76.3 Å². The Morgan fingerprint density at radius 1 is 1.11 bits per heavy atom. The summed E-state index contributed by atoms with van der Waals surface area (Å²) in [6, 6.07) is 13.3. The molecule has 0 aliphatic heterocycles. The fourth-order valence-electron chi connectivity index (χ4n) is 1.64. The fraction of sp³-hybridized carbons (Fsp3) is 0.0714. The van der Waals surface area contributed by atoms with Crippen molar-refractivity contribution in [2.75, 3.05) is 5.32 Å². The maximum absolute atomic E-state index is 9.47. The highest BCUT2D eigenvalue weighted by Gasteiger charge is 2.13. The molecule has 96 valence electrons. The molecule has 2 aromatic rings. The first-order chi connectivity index (χ1) is 9.11. The lowest BCUT2D eigenvalue weighted by Gasteiger charge is -2.15. The molecular weight excluding hydrogens is 308 g/mol. The van der Waals surface area contributed by atoms with E-state index >= 15 is 0 Å². The monoisotopic (exact) mass is 318 g/mol. The summed E-state index contributed by atoms with van der Waals surface area (Å²) < 4.78 is 0.846. The number of phenols is 2. The van der Waals surface area contributed by atoms with Gasteiger partial charge in [0.1, 0.15) is 6.04 Å². The largest absolute Gasteiger partial charge is 0.504 e. The molecule has 0 amide bonds. The van der Waals surface area contributed by atoms with E-state index in [1.807, 2.05) is 24.3 Å². The zero-order valence-corrected chi connectivity index (χ0v) is 11.4. The molecule has 0 aliphatic carbocycles. The van der Waals surface area contributed by atoms with E-state index in [9.17, 15) is 15.5 Å². The molecular formula is C14H11BrN2O2. The SMILES string of the molecule is N#CC(Nc1ccccc1Br)c1ccc(O)c(O)c1. The predicted octanol–water partition coefficient (Wildman–Crippen LogP) is 3.54. The van der Waals surface area contributed by atoms with Crippen molar-refractivity contribution in [3.8, 4) is 17.6 Å². The molecule has 0 spiro atoms. The smallest absolute Gasteiger partial charge is 0.157 e. The Morgan fingerprint density at radius 2 is 1.84 bits per heavy atom. The molecule has 0 radical (unpaired) electrons. The molecule has 3 N–H and O–H groups in total. The van der Waals surface area contributed by atoms with Gasteiger partial charge in [0.2, 0.25) is 0 Å². The standard InChI is InChI=1S/C14H11BrN2O2/c15-10-3-1-2-4-11(10)17-12(8-16)9-5-6-13(18)14(19)7-9/h1-7,12,17-19H. The Kier molecular flexibility index (Phi) is 3.93. The zero-order valence-electron chi connectivity index (χ0n) is 9.84. The molecule has 5 heteroatoms. The minimum absolute atomic E-state index is 0.207. The van der Waals surface area contributed by atoms with Gasteiger partial charge in [-0.15, -0.1) is 0 Å². The molecule has 4 nitrogen and oxygen atoms in total. The first-order valence-corrected chi connectivity index (χ1v) is 6.33. The number of hydrogen-bond acceptors (Lipinski definition) is 4. The van der Waals surface area contributed by atoms with Crippen LogP contribution in [0.2, 0.25) is 0 Å². The number of para-hydroxylation sites is 1. The van der Waals surface area contributed by atoms with Crippen molar-refractivity contribution in [1.82, 2.24) is 0 Å². The lowest BCUT2D eigenvalue weighted by Crippen LogP contribution is -2.08. The van der Waals surface area contributed by atoms with Gasteiger partial charge in [0.05, 0.1) is 6.07 Å². The summed E-state index contributed by atoms with van der Waals surface area (Å²) in [5.74, 6) is -0.451. The van der Waals surface area contributed by atoms with E-state index in [0.29, 0.717) is 5.56 Å². The Labute approximate surface area is 119 Å². The van der Waals surface area contributed by atoms with Crippen LogP contribution in [0.5, 0.6) is 11.5 Å². The normalized spacial score (nSPS) is 11.6. The van der Waals surface area contributed by atoms with E-state index in [0.717, 1.165) is 10.2 Å². The van der Waals surface area contributed by atoms with Gasteiger partial charge in [-0.1, -0.05) is 18.2 Å². The lowest BCUT2D eigenvalue weighted by molar-refractivity contribution is 0.403. The van der Waals surface area contributed by atoms with Gasteiger partial charge >= 0.3 is 0 Å². The third-order valence-corrected chi connectivity index (χ3v) is 3.33. The van der Waals surface area contributed by atoms with Gasteiger partial charge in [0, 0.05) is 10.2 Å². The molecule has 1 unspecified atom stereocenters. The van der Waals surface area contributed by atoms with Crippen LogP contribution in [0.3, 0.4) is 0 Å². The van der Waals surface area contributed by atoms with Crippen molar-refractivity contribution in [3.63, 3.8) is 0 Å². The van der Waals surface area contributed by atoms with Gasteiger partial charge in [-0.25, -0.2) is 0 Å². The van der Waals surface area contributed by atoms with E-state index in [-0.39, 0.29) is 11.5 Å². The number of hydrogen-bond donors (Lipinski definition) is 3. The second kappa shape index (κ2) is 5.63. The van der Waals surface area contributed by atoms with Crippen molar-refractivity contribution in [2.24, 2.45) is 0 Å². The second-order valence-corrected chi connectivity index (χ2v) is 4.79. The van der Waals surface area contributed by atoms with Crippen LogP contribution in [0, 0.1) is 11.3 Å². The molecule has 2 aromatic carbocycles. The molecule has 0 aliphatic rings. The second-order valence-electron chi connectivity index (χ2n) is 3.93. The maximum Gasteiger partial charge on any atom is 0.157 e. The number of aromatic hydroxyl groups is 2. The van der Waals surface area contributed by atoms with Gasteiger partial charge in [-0.3, -0.25) is 0 Å². The average molecular weight is 319 g/mol. The molecule has 19 heavy (non-hydrogen) atoms. The van der Waals surface area contributed by atoms with E-state index in [1.165, 1.54) is 12.1 Å². The van der Waals surface area contributed by atoms with Crippen LogP contribution in [-0.2, 0) is 0 Å². The van der Waals surface area contributed by atoms with Crippen molar-refractivity contribution in [1.29, 1.82) is 5.26 Å². The average Bonchev–Trinajstić information content (AvgIpc) is 2.41. The third-order valence-electron chi connectivity index (χ3n) is 2.64. The van der Waals surface area contributed by atoms with Crippen molar-refractivity contribution < 1.29 is 10.2 Å². The predicted molar refractivity (Wildman–Crippen MR) is 75.9 cm³/mol. The first kappa shape index (κ1) is 13.2. The van der Waals surface area contributed by atoms with Crippen LogP contribution in [-0.4, -0.2) is 10.2 Å². The third kappa shape index (κ3) is 2.98. The van der Waals surface area contributed by atoms with Gasteiger partial charge < -0.3 is 15.5 Å².